The Hall–Kier alpha value is -4.62. The lowest BCUT2D eigenvalue weighted by Gasteiger charge is -2.32. The summed E-state index contributed by atoms with van der Waals surface area (Å²) in [5.41, 5.74) is 7.70. The van der Waals surface area contributed by atoms with E-state index in [-0.39, 0.29) is 49.1 Å². The van der Waals surface area contributed by atoms with Crippen LogP contribution in [0.1, 0.15) is 46.9 Å². The number of thiophene rings is 1. The maximum Gasteiger partial charge on any atom is 0.332 e. The highest BCUT2D eigenvalue weighted by molar-refractivity contribution is 7.86. The fourth-order valence-corrected chi connectivity index (χ4v) is 7.57. The fourth-order valence-electron chi connectivity index (χ4n) is 6.41. The van der Waals surface area contributed by atoms with Crippen LogP contribution in [0, 0.1) is 0 Å². The molecule has 2 saturated heterocycles. The van der Waals surface area contributed by atoms with Gasteiger partial charge in [-0.1, -0.05) is 6.07 Å². The second kappa shape index (κ2) is 16.8. The summed E-state index contributed by atoms with van der Waals surface area (Å²) in [6, 6.07) is 8.70. The van der Waals surface area contributed by atoms with Crippen LogP contribution in [0.25, 0.3) is 10.6 Å². The zero-order chi connectivity index (χ0) is 36.7. The molecule has 1 unspecified atom stereocenters. The number of nitrogens with two attached hydrogens (primary N) is 1. The number of benzene rings is 1. The van der Waals surface area contributed by atoms with Gasteiger partial charge < -0.3 is 31.0 Å². The van der Waals surface area contributed by atoms with Gasteiger partial charge in [0.25, 0.3) is 11.5 Å². The first-order valence-corrected chi connectivity index (χ1v) is 19.2. The smallest absolute Gasteiger partial charge is 0.332 e. The van der Waals surface area contributed by atoms with Gasteiger partial charge in [0, 0.05) is 74.3 Å². The van der Waals surface area contributed by atoms with E-state index in [4.69, 9.17) is 10.5 Å². The van der Waals surface area contributed by atoms with Gasteiger partial charge in [0.1, 0.15) is 11.9 Å². The van der Waals surface area contributed by atoms with Crippen LogP contribution in [0.15, 0.2) is 69.9 Å². The average molecular weight is 754 g/mol. The Kier molecular flexibility index (Phi) is 12.0. The maximum atomic E-state index is 13.2. The number of aromatic nitrogens is 4. The molecular weight excluding hydrogens is 714 g/mol. The Bertz CT molecular complexity index is 2000. The molecule has 5 heterocycles. The first kappa shape index (κ1) is 37.1. The lowest BCUT2D eigenvalue weighted by Crippen LogP contribution is -2.46. The van der Waals surface area contributed by atoms with Gasteiger partial charge in [-0.3, -0.25) is 19.3 Å². The summed E-state index contributed by atoms with van der Waals surface area (Å²) in [5.74, 6) is 0.432. The van der Waals surface area contributed by atoms with Gasteiger partial charge in [-0.2, -0.15) is 13.4 Å². The number of carbonyl (C=O) groups is 2. The Morgan fingerprint density at radius 1 is 1.10 bits per heavy atom. The van der Waals surface area contributed by atoms with Crippen LogP contribution in [0.4, 0.5) is 9.83 Å². The summed E-state index contributed by atoms with van der Waals surface area (Å²) in [6.07, 6.45) is 5.79. The van der Waals surface area contributed by atoms with Crippen LogP contribution < -0.4 is 21.9 Å². The molecule has 3 aromatic heterocycles. The molecule has 0 aliphatic carbocycles. The van der Waals surface area contributed by atoms with Crippen LogP contribution in [0.5, 0.6) is 0 Å². The van der Waals surface area contributed by atoms with E-state index in [9.17, 15) is 26.7 Å². The lowest BCUT2D eigenvalue weighted by molar-refractivity contribution is -0.125. The van der Waals surface area contributed by atoms with E-state index in [1.165, 1.54) is 17.0 Å². The van der Waals surface area contributed by atoms with Crippen LogP contribution in [0.2, 0.25) is 0 Å². The number of aromatic amines is 1. The van der Waals surface area contributed by atoms with Crippen molar-refractivity contribution in [2.75, 3.05) is 51.3 Å². The number of piperidine rings is 1. The molecular formula is C34H40FN9O6S2. The van der Waals surface area contributed by atoms with Gasteiger partial charge >= 0.3 is 10.2 Å². The molecule has 2 aliphatic heterocycles. The molecule has 0 spiro atoms. The minimum Gasteiger partial charge on any atom is -0.378 e. The Labute approximate surface area is 304 Å². The van der Waals surface area contributed by atoms with Gasteiger partial charge in [-0.05, 0) is 61.5 Å². The number of hydrogen-bond acceptors (Lipinski definition) is 13. The highest BCUT2D eigenvalue weighted by Gasteiger charge is 2.38. The van der Waals surface area contributed by atoms with E-state index in [2.05, 4.69) is 35.5 Å². The molecule has 2 aliphatic rings. The number of rotatable bonds is 14. The number of amides is 2. The van der Waals surface area contributed by atoms with Crippen LogP contribution in [0.3, 0.4) is 0 Å². The van der Waals surface area contributed by atoms with E-state index >= 15 is 0 Å². The van der Waals surface area contributed by atoms with Crippen LogP contribution in [-0.2, 0) is 26.3 Å². The van der Waals surface area contributed by atoms with Crippen LogP contribution in [-0.4, -0.2) is 108 Å². The van der Waals surface area contributed by atoms with Crippen molar-refractivity contribution in [2.24, 2.45) is 5.73 Å². The molecule has 0 radical (unpaired) electrons. The summed E-state index contributed by atoms with van der Waals surface area (Å²) >= 11 is 1.58. The molecule has 0 bridgehead atoms. The minimum atomic E-state index is -4.89. The minimum absolute atomic E-state index is 0.119. The average Bonchev–Trinajstić information content (AvgIpc) is 3.82. The number of H-pyrrole nitrogens is 1. The number of halogens is 1. The van der Waals surface area contributed by atoms with Crippen molar-refractivity contribution in [1.82, 2.24) is 35.1 Å². The molecule has 52 heavy (non-hydrogen) atoms. The first-order chi connectivity index (χ1) is 25.0. The van der Waals surface area contributed by atoms with Crippen molar-refractivity contribution in [3.05, 3.63) is 87.5 Å². The quantitative estimate of drug-likeness (QED) is 0.108. The number of likely N-dealkylation sites (tertiary alicyclic amines) is 2. The highest BCUT2D eigenvalue weighted by atomic mass is 32.3. The monoisotopic (exact) mass is 753 g/mol. The summed E-state index contributed by atoms with van der Waals surface area (Å²) < 4.78 is 41.0. The molecule has 2 amide bonds. The first-order valence-electron chi connectivity index (χ1n) is 16.9. The summed E-state index contributed by atoms with van der Waals surface area (Å²) in [7, 11) is -4.89. The molecule has 4 aromatic rings. The van der Waals surface area contributed by atoms with Crippen LogP contribution >= 0.6 is 11.3 Å². The maximum absolute atomic E-state index is 13.2. The molecule has 18 heteroatoms. The topological polar surface area (TPSA) is 206 Å². The molecule has 5 N–H and O–H groups in total. The van der Waals surface area contributed by atoms with Gasteiger partial charge in [-0.25, -0.2) is 9.97 Å². The molecule has 3 atom stereocenters. The SMILES string of the molecule is N[C@H]1C[C@@H](C(=O)NCCOCCNc2ncc(CN3CCCC(c4nc(=O)cc(-c5cccs5)[nH]4)C3)cn2)N(C(=O)c2ccc(S(=O)(=O)F)cc2)C1. The predicted octanol–water partition coefficient (Wildman–Crippen LogP) is 2.11. The summed E-state index contributed by atoms with van der Waals surface area (Å²) in [5, 5.41) is 7.87. The zero-order valence-electron chi connectivity index (χ0n) is 28.2. The third-order valence-electron chi connectivity index (χ3n) is 8.91. The fraction of sp³-hybridized carbons (Fsp3) is 0.412. The molecule has 2 fully saturated rings. The second-order valence-electron chi connectivity index (χ2n) is 12.7. The standard InChI is InChI=1S/C34H40FN9O6S2/c35-52(48,49)26-7-5-23(6-8-26)33(47)44-21-25(36)15-28(44)32(46)37-9-12-50-13-10-38-34-39-17-22(18-40-34)19-43-11-1-3-24(20-43)31-41-27(16-30(45)42-31)29-4-2-14-51-29/h2,4-8,14,16-18,24-25,28H,1,3,9-13,15,19-21,36H2,(H,37,46)(H,38,39,40)(H,41,42,45)/t24?,25-,28-/m0/s1. The van der Waals surface area contributed by atoms with Crippen molar-refractivity contribution >= 4 is 39.3 Å². The number of ether oxygens (including phenoxy) is 1. The van der Waals surface area contributed by atoms with Gasteiger partial charge in [0.15, 0.2) is 0 Å². The van der Waals surface area contributed by atoms with Crippen molar-refractivity contribution in [1.29, 1.82) is 0 Å². The Balaban J connectivity index is 0.891. The largest absolute Gasteiger partial charge is 0.378 e. The molecule has 1 aromatic carbocycles. The van der Waals surface area contributed by atoms with E-state index in [0.717, 1.165) is 60.0 Å². The van der Waals surface area contributed by atoms with Gasteiger partial charge in [0.05, 0.1) is 28.7 Å². The Morgan fingerprint density at radius 2 is 1.87 bits per heavy atom. The third kappa shape index (κ3) is 9.62. The predicted molar refractivity (Wildman–Crippen MR) is 192 cm³/mol. The van der Waals surface area contributed by atoms with Crippen molar-refractivity contribution in [3.63, 3.8) is 0 Å². The normalized spacial score (nSPS) is 19.4. The van der Waals surface area contributed by atoms with Gasteiger partial charge in [0.2, 0.25) is 11.9 Å². The molecule has 276 valence electrons. The highest BCUT2D eigenvalue weighted by Crippen LogP contribution is 2.28. The number of hydrogen-bond donors (Lipinski definition) is 4. The summed E-state index contributed by atoms with van der Waals surface area (Å²) in [6.45, 7) is 3.76. The number of anilines is 1. The number of carbonyl (C=O) groups excluding carboxylic acids is 2. The molecule has 6 rings (SSSR count). The van der Waals surface area contributed by atoms with E-state index < -0.39 is 33.1 Å². The van der Waals surface area contributed by atoms with Crippen molar-refractivity contribution < 1.29 is 26.6 Å². The van der Waals surface area contributed by atoms with Crippen molar-refractivity contribution in [2.45, 2.75) is 48.7 Å². The van der Waals surface area contributed by atoms with Gasteiger partial charge in [-0.15, -0.1) is 15.2 Å². The number of nitrogens with zero attached hydrogens (tertiary/aromatic N) is 5. The molecule has 0 saturated carbocycles. The number of nitrogens with one attached hydrogen (secondary N) is 3. The Morgan fingerprint density at radius 3 is 2.60 bits per heavy atom. The van der Waals surface area contributed by atoms with E-state index in [1.54, 1.807) is 29.8 Å². The second-order valence-corrected chi connectivity index (χ2v) is 15.0. The van der Waals surface area contributed by atoms with E-state index in [0.29, 0.717) is 25.6 Å². The third-order valence-corrected chi connectivity index (χ3v) is 10.6. The lowest BCUT2D eigenvalue weighted by atomic mass is 9.96. The zero-order valence-corrected chi connectivity index (χ0v) is 29.9. The molecule has 15 nitrogen and oxygen atoms in total. The van der Waals surface area contributed by atoms with E-state index in [1.807, 2.05) is 17.5 Å². The summed E-state index contributed by atoms with van der Waals surface area (Å²) in [4.78, 5) is 59.0. The van der Waals surface area contributed by atoms with Crippen molar-refractivity contribution in [3.8, 4) is 10.6 Å².